The van der Waals surface area contributed by atoms with Gasteiger partial charge in [-0.1, -0.05) is 23.7 Å². The van der Waals surface area contributed by atoms with E-state index in [9.17, 15) is 13.2 Å². The second-order valence-electron chi connectivity index (χ2n) is 3.68. The van der Waals surface area contributed by atoms with Crippen molar-refractivity contribution in [1.29, 1.82) is 0 Å². The minimum absolute atomic E-state index is 0.224. The van der Waals surface area contributed by atoms with Crippen LogP contribution < -0.4 is 10.5 Å². The predicted octanol–water partition coefficient (Wildman–Crippen LogP) is 0.286. The molecule has 1 atom stereocenters. The Morgan fingerprint density at radius 3 is 2.71 bits per heavy atom. The molecule has 0 heterocycles. The molecule has 0 saturated heterocycles. The van der Waals surface area contributed by atoms with Crippen LogP contribution in [0.1, 0.15) is 5.56 Å². The number of carbonyl (C=O) groups is 1. The van der Waals surface area contributed by atoms with E-state index < -0.39 is 22.0 Å². The van der Waals surface area contributed by atoms with Crippen molar-refractivity contribution >= 4 is 27.5 Å². The Bertz CT molecular complexity index is 516. The summed E-state index contributed by atoms with van der Waals surface area (Å²) in [7, 11) is -3.57. The second-order valence-corrected chi connectivity index (χ2v) is 5.86. The van der Waals surface area contributed by atoms with Crippen molar-refractivity contribution in [3.8, 4) is 0 Å². The number of hydrogen-bond acceptors (Lipinski definition) is 4. The molecule has 0 aliphatic heterocycles. The number of nitrogens with two attached hydrogens (primary N) is 1. The van der Waals surface area contributed by atoms with E-state index in [1.165, 1.54) is 0 Å². The minimum atomic E-state index is -3.57. The zero-order valence-corrected chi connectivity index (χ0v) is 10.8. The van der Waals surface area contributed by atoms with Crippen molar-refractivity contribution in [2.24, 2.45) is 5.73 Å². The van der Waals surface area contributed by atoms with E-state index in [0.29, 0.717) is 5.02 Å². The maximum absolute atomic E-state index is 11.4. The van der Waals surface area contributed by atoms with Gasteiger partial charge in [0.2, 0.25) is 10.0 Å². The molecule has 3 N–H and O–H groups in total. The van der Waals surface area contributed by atoms with E-state index in [1.807, 2.05) is 4.72 Å². The van der Waals surface area contributed by atoms with E-state index in [1.54, 1.807) is 24.3 Å². The molecule has 1 aromatic rings. The highest BCUT2D eigenvalue weighted by Gasteiger charge is 2.17. The van der Waals surface area contributed by atoms with Gasteiger partial charge in [-0.3, -0.25) is 9.52 Å². The lowest BCUT2D eigenvalue weighted by atomic mass is 10.1. The third kappa shape index (κ3) is 5.16. The summed E-state index contributed by atoms with van der Waals surface area (Å²) >= 11 is 5.78. The zero-order valence-electron chi connectivity index (χ0n) is 9.18. The molecule has 0 aromatic heterocycles. The first-order chi connectivity index (χ1) is 7.78. The Morgan fingerprint density at radius 1 is 1.53 bits per heavy atom. The first kappa shape index (κ1) is 14.0. The van der Waals surface area contributed by atoms with Gasteiger partial charge < -0.3 is 5.73 Å². The maximum atomic E-state index is 11.4. The molecule has 1 rings (SSSR count). The molecule has 94 valence electrons. The zero-order chi connectivity index (χ0) is 13.1. The van der Waals surface area contributed by atoms with Crippen LogP contribution >= 0.6 is 11.6 Å². The van der Waals surface area contributed by atoms with Gasteiger partial charge in [0, 0.05) is 5.02 Å². The summed E-state index contributed by atoms with van der Waals surface area (Å²) in [6.07, 6.45) is 1.12. The Hall–Kier alpha value is -1.11. The van der Waals surface area contributed by atoms with Crippen molar-refractivity contribution in [2.45, 2.75) is 12.5 Å². The Kier molecular flexibility index (Phi) is 4.50. The Labute approximate surface area is 105 Å². The molecule has 0 radical (unpaired) electrons. The van der Waals surface area contributed by atoms with Gasteiger partial charge in [0.25, 0.3) is 5.91 Å². The number of rotatable bonds is 4. The summed E-state index contributed by atoms with van der Waals surface area (Å²) in [6, 6.07) is 5.95. The van der Waals surface area contributed by atoms with E-state index in [-0.39, 0.29) is 6.42 Å². The molecule has 0 fully saturated rings. The van der Waals surface area contributed by atoms with Crippen LogP contribution in [0.5, 0.6) is 0 Å². The molecule has 0 saturated carbocycles. The van der Waals surface area contributed by atoms with Crippen LogP contribution in [0.2, 0.25) is 5.02 Å². The second kappa shape index (κ2) is 5.48. The molecular formula is C10H13ClN2O3S. The highest BCUT2D eigenvalue weighted by atomic mass is 35.5. The lowest BCUT2D eigenvalue weighted by Crippen LogP contribution is -2.44. The van der Waals surface area contributed by atoms with Crippen LogP contribution in [0.3, 0.4) is 0 Å². The fourth-order valence-electron chi connectivity index (χ4n) is 1.27. The lowest BCUT2D eigenvalue weighted by molar-refractivity contribution is -0.120. The molecule has 5 nitrogen and oxygen atoms in total. The fourth-order valence-corrected chi connectivity index (χ4v) is 2.00. The molecule has 17 heavy (non-hydrogen) atoms. The van der Waals surface area contributed by atoms with Crippen LogP contribution in [0, 0.1) is 0 Å². The van der Waals surface area contributed by atoms with Crippen molar-refractivity contribution < 1.29 is 13.2 Å². The average molecular weight is 277 g/mol. The highest BCUT2D eigenvalue weighted by Crippen LogP contribution is 2.11. The minimum Gasteiger partial charge on any atom is -0.320 e. The average Bonchev–Trinajstić information content (AvgIpc) is 2.14. The topological polar surface area (TPSA) is 89.3 Å². The maximum Gasteiger partial charge on any atom is 0.250 e. The van der Waals surface area contributed by atoms with Crippen LogP contribution in [0.15, 0.2) is 24.3 Å². The van der Waals surface area contributed by atoms with Gasteiger partial charge in [0.05, 0.1) is 12.3 Å². The summed E-state index contributed by atoms with van der Waals surface area (Å²) in [5.74, 6) is -0.729. The highest BCUT2D eigenvalue weighted by molar-refractivity contribution is 7.89. The normalized spacial score (nSPS) is 13.1. The van der Waals surface area contributed by atoms with Gasteiger partial charge in [-0.25, -0.2) is 8.42 Å². The quantitative estimate of drug-likeness (QED) is 0.827. The number of amides is 1. The Morgan fingerprint density at radius 2 is 2.18 bits per heavy atom. The van der Waals surface area contributed by atoms with Gasteiger partial charge in [-0.2, -0.15) is 0 Å². The van der Waals surface area contributed by atoms with Crippen LogP contribution in [-0.2, 0) is 21.2 Å². The van der Waals surface area contributed by atoms with E-state index in [2.05, 4.69) is 0 Å². The van der Waals surface area contributed by atoms with Crippen LogP contribution in [-0.4, -0.2) is 26.6 Å². The summed E-state index contributed by atoms with van der Waals surface area (Å²) < 4.78 is 23.5. The first-order valence-electron chi connectivity index (χ1n) is 4.79. The summed E-state index contributed by atoms with van der Waals surface area (Å²) in [6.45, 7) is 0. The first-order valence-corrected chi connectivity index (χ1v) is 7.06. The van der Waals surface area contributed by atoms with Gasteiger partial charge in [0.15, 0.2) is 0 Å². The smallest absolute Gasteiger partial charge is 0.250 e. The number of hydrogen-bond donors (Lipinski definition) is 2. The number of halogens is 1. The van der Waals surface area contributed by atoms with Crippen molar-refractivity contribution in [3.05, 3.63) is 34.9 Å². The molecule has 0 aliphatic rings. The molecular weight excluding hydrogens is 264 g/mol. The summed E-state index contributed by atoms with van der Waals surface area (Å²) in [4.78, 5) is 11.4. The standard InChI is InChI=1S/C10H13ClN2O3S/c1-17(15,16)13-10(14)9(12)6-7-3-2-4-8(11)5-7/h2-5,9H,6,12H2,1H3,(H,13,14)/t9-/m0/s1. The van der Waals surface area contributed by atoms with Gasteiger partial charge in [-0.05, 0) is 24.1 Å². The Balaban J connectivity index is 2.66. The molecule has 7 heteroatoms. The summed E-state index contributed by atoms with van der Waals surface area (Å²) in [5, 5.41) is 0.540. The molecule has 1 aromatic carbocycles. The van der Waals surface area contributed by atoms with E-state index in [4.69, 9.17) is 17.3 Å². The van der Waals surface area contributed by atoms with Crippen LogP contribution in [0.25, 0.3) is 0 Å². The third-order valence-corrected chi connectivity index (χ3v) is 2.77. The largest absolute Gasteiger partial charge is 0.320 e. The molecule has 0 bridgehead atoms. The molecule has 1 amide bonds. The number of carbonyl (C=O) groups excluding carboxylic acids is 1. The monoisotopic (exact) mass is 276 g/mol. The fraction of sp³-hybridized carbons (Fsp3) is 0.300. The number of nitrogens with one attached hydrogen (secondary N) is 1. The van der Waals surface area contributed by atoms with Crippen molar-refractivity contribution in [2.75, 3.05) is 6.26 Å². The molecule has 0 aliphatic carbocycles. The predicted molar refractivity (Wildman–Crippen MR) is 66.1 cm³/mol. The lowest BCUT2D eigenvalue weighted by Gasteiger charge is -2.11. The molecule has 0 spiro atoms. The van der Waals surface area contributed by atoms with E-state index in [0.717, 1.165) is 11.8 Å². The van der Waals surface area contributed by atoms with Crippen molar-refractivity contribution in [1.82, 2.24) is 4.72 Å². The van der Waals surface area contributed by atoms with Gasteiger partial charge in [0.1, 0.15) is 0 Å². The number of sulfonamides is 1. The van der Waals surface area contributed by atoms with Crippen LogP contribution in [0.4, 0.5) is 0 Å². The van der Waals surface area contributed by atoms with Gasteiger partial charge in [-0.15, -0.1) is 0 Å². The third-order valence-electron chi connectivity index (χ3n) is 1.97. The summed E-state index contributed by atoms with van der Waals surface area (Å²) in [5.41, 5.74) is 6.36. The number of benzene rings is 1. The van der Waals surface area contributed by atoms with E-state index >= 15 is 0 Å². The van der Waals surface area contributed by atoms with Crippen molar-refractivity contribution in [3.63, 3.8) is 0 Å². The SMILES string of the molecule is CS(=O)(=O)NC(=O)[C@@H](N)Cc1cccc(Cl)c1. The molecule has 0 unspecified atom stereocenters. The van der Waals surface area contributed by atoms with Gasteiger partial charge >= 0.3 is 0 Å².